The molecule has 3 amide bonds. The van der Waals surface area contributed by atoms with Crippen molar-refractivity contribution in [3.05, 3.63) is 63.7 Å². The lowest BCUT2D eigenvalue weighted by molar-refractivity contribution is -0.384. The van der Waals surface area contributed by atoms with Crippen LogP contribution in [0.15, 0.2) is 42.5 Å². The fraction of sp³-hybridized carbons (Fsp3) is 0.250. The van der Waals surface area contributed by atoms with Crippen molar-refractivity contribution in [2.45, 2.75) is 11.7 Å². The summed E-state index contributed by atoms with van der Waals surface area (Å²) in [4.78, 5) is 47.3. The van der Waals surface area contributed by atoms with Gasteiger partial charge in [-0.15, -0.1) is 0 Å². The number of hydrogen-bond acceptors (Lipinski definition) is 8. The first-order chi connectivity index (χ1) is 14.9. The first kappa shape index (κ1) is 20.7. The van der Waals surface area contributed by atoms with Gasteiger partial charge in [0.2, 0.25) is 5.91 Å². The normalized spacial score (nSPS) is 17.7. The van der Waals surface area contributed by atoms with E-state index < -0.39 is 10.2 Å². The van der Waals surface area contributed by atoms with E-state index in [-0.39, 0.29) is 48.2 Å². The molecule has 0 saturated carbocycles. The lowest BCUT2D eigenvalue weighted by atomic mass is 10.1. The molecule has 0 spiro atoms. The van der Waals surface area contributed by atoms with Gasteiger partial charge in [-0.1, -0.05) is 23.9 Å². The number of carbonyl (C=O) groups is 3. The van der Waals surface area contributed by atoms with E-state index >= 15 is 0 Å². The summed E-state index contributed by atoms with van der Waals surface area (Å²) in [6.07, 6.45) is 0.438. The SMILES string of the molecule is O=C1NC(=O)C(Cc2ccc(OCCN3COc4ccc([N+](=O)[O-])cc4C3=O)cc2)S1. The molecule has 1 N–H and O–H groups in total. The molecule has 0 bridgehead atoms. The van der Waals surface area contributed by atoms with Gasteiger partial charge in [-0.25, -0.2) is 0 Å². The maximum Gasteiger partial charge on any atom is 0.286 e. The topological polar surface area (TPSA) is 128 Å². The Morgan fingerprint density at radius 1 is 1.19 bits per heavy atom. The van der Waals surface area contributed by atoms with Crippen LogP contribution in [0.25, 0.3) is 0 Å². The van der Waals surface area contributed by atoms with Crippen LogP contribution in [0.5, 0.6) is 11.5 Å². The molecular weight excluding hydrogens is 426 g/mol. The van der Waals surface area contributed by atoms with Crippen LogP contribution in [-0.2, 0) is 11.2 Å². The zero-order valence-electron chi connectivity index (χ0n) is 16.1. The smallest absolute Gasteiger partial charge is 0.286 e. The summed E-state index contributed by atoms with van der Waals surface area (Å²) in [5.74, 6) is 0.269. The Morgan fingerprint density at radius 2 is 1.97 bits per heavy atom. The number of rotatable bonds is 7. The van der Waals surface area contributed by atoms with Crippen molar-refractivity contribution in [2.24, 2.45) is 0 Å². The van der Waals surface area contributed by atoms with Gasteiger partial charge in [-0.3, -0.25) is 29.8 Å². The summed E-state index contributed by atoms with van der Waals surface area (Å²) in [5.41, 5.74) is 0.872. The monoisotopic (exact) mass is 443 g/mol. The van der Waals surface area contributed by atoms with Crippen molar-refractivity contribution >= 4 is 34.5 Å². The quantitative estimate of drug-likeness (QED) is 0.510. The minimum atomic E-state index is -0.561. The summed E-state index contributed by atoms with van der Waals surface area (Å²) < 4.78 is 11.2. The van der Waals surface area contributed by atoms with Crippen LogP contribution in [0.2, 0.25) is 0 Å². The Hall–Kier alpha value is -3.60. The molecule has 4 rings (SSSR count). The highest BCUT2D eigenvalue weighted by Crippen LogP contribution is 2.29. The molecule has 0 aromatic heterocycles. The molecule has 31 heavy (non-hydrogen) atoms. The van der Waals surface area contributed by atoms with Crippen molar-refractivity contribution in [1.82, 2.24) is 10.2 Å². The third-order valence-corrected chi connectivity index (χ3v) is 5.79. The third-order valence-electron chi connectivity index (χ3n) is 4.81. The molecule has 1 fully saturated rings. The number of hydrogen-bond donors (Lipinski definition) is 1. The number of nitrogens with one attached hydrogen (secondary N) is 1. The summed E-state index contributed by atoms with van der Waals surface area (Å²) in [6.45, 7) is 0.476. The Balaban J connectivity index is 1.30. The predicted octanol–water partition coefficient (Wildman–Crippen LogP) is 2.36. The van der Waals surface area contributed by atoms with E-state index in [1.165, 1.54) is 23.1 Å². The van der Waals surface area contributed by atoms with Crippen molar-refractivity contribution in [2.75, 3.05) is 19.9 Å². The Labute approximate surface area is 180 Å². The van der Waals surface area contributed by atoms with E-state index in [1.807, 2.05) is 12.1 Å². The van der Waals surface area contributed by atoms with Gasteiger partial charge >= 0.3 is 0 Å². The molecule has 2 heterocycles. The highest BCUT2D eigenvalue weighted by Gasteiger charge is 2.31. The Morgan fingerprint density at radius 3 is 2.65 bits per heavy atom. The standard InChI is InChI=1S/C20H17N3O7S/c24-18-17(31-20(26)21-18)9-12-1-4-14(5-2-12)29-8-7-22-11-30-16-6-3-13(23(27)28)10-15(16)19(22)25/h1-6,10,17H,7-9,11H2,(H,21,24,26). The lowest BCUT2D eigenvalue weighted by Gasteiger charge is -2.28. The third kappa shape index (κ3) is 4.61. The largest absolute Gasteiger partial charge is 0.492 e. The van der Waals surface area contributed by atoms with Gasteiger partial charge in [-0.05, 0) is 30.2 Å². The van der Waals surface area contributed by atoms with E-state index in [1.54, 1.807) is 12.1 Å². The minimum absolute atomic E-state index is 0.0335. The van der Waals surface area contributed by atoms with Gasteiger partial charge in [0, 0.05) is 12.1 Å². The van der Waals surface area contributed by atoms with E-state index in [9.17, 15) is 24.5 Å². The van der Waals surface area contributed by atoms with E-state index in [4.69, 9.17) is 9.47 Å². The molecule has 0 aliphatic carbocycles. The van der Waals surface area contributed by atoms with Gasteiger partial charge in [0.05, 0.1) is 22.3 Å². The second kappa shape index (κ2) is 8.64. The molecule has 11 heteroatoms. The Kier molecular flexibility index (Phi) is 5.76. The number of amides is 3. The van der Waals surface area contributed by atoms with Crippen LogP contribution >= 0.6 is 11.8 Å². The Bertz CT molecular complexity index is 1060. The van der Waals surface area contributed by atoms with E-state index in [0.717, 1.165) is 17.3 Å². The van der Waals surface area contributed by atoms with Gasteiger partial charge in [0.25, 0.3) is 16.8 Å². The number of carbonyl (C=O) groups excluding carboxylic acids is 3. The van der Waals surface area contributed by atoms with Crippen molar-refractivity contribution < 1.29 is 28.8 Å². The van der Waals surface area contributed by atoms with Gasteiger partial charge < -0.3 is 14.4 Å². The summed E-state index contributed by atoms with van der Waals surface area (Å²) in [6, 6.07) is 11.1. The molecule has 1 atom stereocenters. The van der Waals surface area contributed by atoms with Gasteiger partial charge in [0.15, 0.2) is 6.73 Å². The number of thioether (sulfide) groups is 1. The van der Waals surface area contributed by atoms with Gasteiger partial charge in [-0.2, -0.15) is 0 Å². The number of nitro benzene ring substituents is 1. The molecule has 2 aromatic carbocycles. The van der Waals surface area contributed by atoms with E-state index in [2.05, 4.69) is 5.32 Å². The zero-order valence-corrected chi connectivity index (χ0v) is 16.9. The highest BCUT2D eigenvalue weighted by atomic mass is 32.2. The number of nitrogens with zero attached hydrogens (tertiary/aromatic N) is 2. The van der Waals surface area contributed by atoms with Crippen LogP contribution in [0.1, 0.15) is 15.9 Å². The average molecular weight is 443 g/mol. The van der Waals surface area contributed by atoms with Crippen LogP contribution in [0.4, 0.5) is 10.5 Å². The summed E-state index contributed by atoms with van der Waals surface area (Å²) >= 11 is 0.983. The molecule has 2 aliphatic rings. The minimum Gasteiger partial charge on any atom is -0.492 e. The predicted molar refractivity (Wildman–Crippen MR) is 110 cm³/mol. The molecule has 160 valence electrons. The average Bonchev–Trinajstić information content (AvgIpc) is 3.07. The molecule has 2 aliphatic heterocycles. The molecule has 10 nitrogen and oxygen atoms in total. The van der Waals surface area contributed by atoms with Crippen LogP contribution < -0.4 is 14.8 Å². The summed E-state index contributed by atoms with van der Waals surface area (Å²) in [5, 5.41) is 12.4. The first-order valence-corrected chi connectivity index (χ1v) is 10.2. The maximum atomic E-state index is 12.6. The molecule has 1 saturated heterocycles. The lowest BCUT2D eigenvalue weighted by Crippen LogP contribution is -2.41. The fourth-order valence-corrected chi connectivity index (χ4v) is 4.06. The van der Waals surface area contributed by atoms with Gasteiger partial charge in [0.1, 0.15) is 18.1 Å². The maximum absolute atomic E-state index is 12.6. The van der Waals surface area contributed by atoms with Crippen molar-refractivity contribution in [3.63, 3.8) is 0 Å². The van der Waals surface area contributed by atoms with Crippen molar-refractivity contribution in [1.29, 1.82) is 0 Å². The van der Waals surface area contributed by atoms with Crippen molar-refractivity contribution in [3.8, 4) is 11.5 Å². The van der Waals surface area contributed by atoms with E-state index in [0.29, 0.717) is 17.9 Å². The first-order valence-electron chi connectivity index (χ1n) is 9.34. The molecular formula is C20H17N3O7S. The van der Waals surface area contributed by atoms with Crippen LogP contribution in [0.3, 0.4) is 0 Å². The molecule has 2 aromatic rings. The number of non-ortho nitro benzene ring substituents is 1. The number of fused-ring (bicyclic) bond motifs is 1. The van der Waals surface area contributed by atoms with Crippen LogP contribution in [0, 0.1) is 10.1 Å². The second-order valence-corrected chi connectivity index (χ2v) is 8.03. The molecule has 0 radical (unpaired) electrons. The number of benzene rings is 2. The number of nitro groups is 1. The number of ether oxygens (including phenoxy) is 2. The fourth-order valence-electron chi connectivity index (χ4n) is 3.20. The van der Waals surface area contributed by atoms with Crippen LogP contribution in [-0.4, -0.2) is 52.0 Å². The second-order valence-electron chi connectivity index (χ2n) is 6.86. The molecule has 1 unspecified atom stereocenters. The number of imide groups is 1. The summed E-state index contributed by atoms with van der Waals surface area (Å²) in [7, 11) is 0. The zero-order chi connectivity index (χ0) is 22.0. The highest BCUT2D eigenvalue weighted by molar-refractivity contribution is 8.15.